The molecule has 1 fully saturated rings. The van der Waals surface area contributed by atoms with Crippen LogP contribution in [0.5, 0.6) is 0 Å². The van der Waals surface area contributed by atoms with Crippen LogP contribution in [-0.2, 0) is 14.3 Å². The van der Waals surface area contributed by atoms with Crippen LogP contribution in [0.4, 0.5) is 4.79 Å². The van der Waals surface area contributed by atoms with Crippen LogP contribution >= 0.6 is 0 Å². The molecule has 0 bridgehead atoms. The zero-order chi connectivity index (χ0) is 13.0. The maximum Gasteiger partial charge on any atom is 0.409 e. The monoisotopic (exact) mass is 244 g/mol. The standard InChI is InChI=1S/C11H20N2O4/c1-8-7-17-9(2)5-13(8)10(14)6-12(3)11(15)16-4/h8-9H,5-7H2,1-4H3. The summed E-state index contributed by atoms with van der Waals surface area (Å²) < 4.78 is 9.98. The van der Waals surface area contributed by atoms with Crippen molar-refractivity contribution >= 4 is 12.0 Å². The number of amides is 2. The third kappa shape index (κ3) is 3.59. The largest absolute Gasteiger partial charge is 0.453 e. The Morgan fingerprint density at radius 1 is 1.47 bits per heavy atom. The topological polar surface area (TPSA) is 59.1 Å². The lowest BCUT2D eigenvalue weighted by molar-refractivity contribution is -0.143. The summed E-state index contributed by atoms with van der Waals surface area (Å²) in [4.78, 5) is 26.2. The van der Waals surface area contributed by atoms with Gasteiger partial charge in [-0.15, -0.1) is 0 Å². The molecule has 2 amide bonds. The summed E-state index contributed by atoms with van der Waals surface area (Å²) >= 11 is 0. The predicted octanol–water partition coefficient (Wildman–Crippen LogP) is 0.320. The van der Waals surface area contributed by atoms with Crippen LogP contribution in [0.2, 0.25) is 0 Å². The maximum absolute atomic E-state index is 12.0. The van der Waals surface area contributed by atoms with Gasteiger partial charge in [0, 0.05) is 13.6 Å². The van der Waals surface area contributed by atoms with Crippen molar-refractivity contribution in [2.24, 2.45) is 0 Å². The fourth-order valence-corrected chi connectivity index (χ4v) is 1.76. The van der Waals surface area contributed by atoms with E-state index in [1.807, 2.05) is 13.8 Å². The molecule has 1 aliphatic heterocycles. The van der Waals surface area contributed by atoms with Gasteiger partial charge in [-0.3, -0.25) is 4.79 Å². The minimum Gasteiger partial charge on any atom is -0.453 e. The molecule has 0 aromatic heterocycles. The Balaban J connectivity index is 2.54. The van der Waals surface area contributed by atoms with Crippen molar-refractivity contribution in [2.45, 2.75) is 26.0 Å². The van der Waals surface area contributed by atoms with Crippen LogP contribution in [0.3, 0.4) is 0 Å². The molecule has 0 aromatic carbocycles. The molecule has 1 saturated heterocycles. The molecule has 0 N–H and O–H groups in total. The van der Waals surface area contributed by atoms with Gasteiger partial charge in [-0.2, -0.15) is 0 Å². The van der Waals surface area contributed by atoms with Gasteiger partial charge in [0.15, 0.2) is 0 Å². The molecule has 0 radical (unpaired) electrons. The molecule has 1 aliphatic rings. The quantitative estimate of drug-likeness (QED) is 0.702. The first kappa shape index (κ1) is 13.8. The number of likely N-dealkylation sites (N-methyl/N-ethyl adjacent to an activating group) is 1. The van der Waals surface area contributed by atoms with Crippen LogP contribution < -0.4 is 0 Å². The molecule has 98 valence electrons. The molecule has 0 spiro atoms. The lowest BCUT2D eigenvalue weighted by Crippen LogP contribution is -2.53. The first-order valence-electron chi connectivity index (χ1n) is 5.65. The third-order valence-corrected chi connectivity index (χ3v) is 2.79. The van der Waals surface area contributed by atoms with Gasteiger partial charge < -0.3 is 19.3 Å². The van der Waals surface area contributed by atoms with Gasteiger partial charge in [0.05, 0.1) is 25.9 Å². The Morgan fingerprint density at radius 3 is 2.71 bits per heavy atom. The van der Waals surface area contributed by atoms with Gasteiger partial charge in [0.1, 0.15) is 6.54 Å². The van der Waals surface area contributed by atoms with Crippen LogP contribution in [0.1, 0.15) is 13.8 Å². The highest BCUT2D eigenvalue weighted by Gasteiger charge is 2.28. The average Bonchev–Trinajstić information content (AvgIpc) is 2.30. The van der Waals surface area contributed by atoms with Gasteiger partial charge >= 0.3 is 6.09 Å². The Morgan fingerprint density at radius 2 is 2.12 bits per heavy atom. The molecule has 1 heterocycles. The molecule has 1 rings (SSSR count). The van der Waals surface area contributed by atoms with E-state index in [9.17, 15) is 9.59 Å². The normalized spacial score (nSPS) is 24.4. The molecule has 0 aromatic rings. The number of nitrogens with zero attached hydrogens (tertiary/aromatic N) is 2. The zero-order valence-electron chi connectivity index (χ0n) is 10.8. The van der Waals surface area contributed by atoms with Gasteiger partial charge in [-0.05, 0) is 13.8 Å². The minimum absolute atomic E-state index is 0.0315. The Bertz CT molecular complexity index is 295. The molecular weight excluding hydrogens is 224 g/mol. The average molecular weight is 244 g/mol. The Labute approximate surface area is 101 Å². The van der Waals surface area contributed by atoms with E-state index in [1.165, 1.54) is 19.1 Å². The number of hydrogen-bond acceptors (Lipinski definition) is 4. The van der Waals surface area contributed by atoms with Crippen molar-refractivity contribution in [3.8, 4) is 0 Å². The van der Waals surface area contributed by atoms with Crippen molar-refractivity contribution in [3.63, 3.8) is 0 Å². The van der Waals surface area contributed by atoms with Gasteiger partial charge in [0.2, 0.25) is 5.91 Å². The van der Waals surface area contributed by atoms with E-state index < -0.39 is 6.09 Å². The smallest absolute Gasteiger partial charge is 0.409 e. The van der Waals surface area contributed by atoms with Crippen molar-refractivity contribution < 1.29 is 19.1 Å². The van der Waals surface area contributed by atoms with E-state index in [4.69, 9.17) is 4.74 Å². The predicted molar refractivity (Wildman–Crippen MR) is 61.6 cm³/mol. The van der Waals surface area contributed by atoms with E-state index >= 15 is 0 Å². The first-order valence-corrected chi connectivity index (χ1v) is 5.65. The highest BCUT2D eigenvalue weighted by molar-refractivity contribution is 5.82. The third-order valence-electron chi connectivity index (χ3n) is 2.79. The Kier molecular flexibility index (Phi) is 4.74. The highest BCUT2D eigenvalue weighted by atomic mass is 16.5. The maximum atomic E-state index is 12.0. The molecule has 0 saturated carbocycles. The van der Waals surface area contributed by atoms with Gasteiger partial charge in [0.25, 0.3) is 0 Å². The van der Waals surface area contributed by atoms with E-state index in [2.05, 4.69) is 4.74 Å². The van der Waals surface area contributed by atoms with Gasteiger partial charge in [-0.1, -0.05) is 0 Å². The Hall–Kier alpha value is -1.30. The fourth-order valence-electron chi connectivity index (χ4n) is 1.76. The van der Waals surface area contributed by atoms with Crippen LogP contribution in [0, 0.1) is 0 Å². The number of methoxy groups -OCH3 is 1. The van der Waals surface area contributed by atoms with Crippen LogP contribution in [0.15, 0.2) is 0 Å². The molecule has 6 nitrogen and oxygen atoms in total. The second-order valence-corrected chi connectivity index (χ2v) is 4.37. The second-order valence-electron chi connectivity index (χ2n) is 4.37. The fraction of sp³-hybridized carbons (Fsp3) is 0.818. The molecular formula is C11H20N2O4. The van der Waals surface area contributed by atoms with Crippen molar-refractivity contribution in [1.29, 1.82) is 0 Å². The van der Waals surface area contributed by atoms with Crippen molar-refractivity contribution in [3.05, 3.63) is 0 Å². The summed E-state index contributed by atoms with van der Waals surface area (Å²) in [6.07, 6.45) is -0.467. The minimum atomic E-state index is -0.507. The lowest BCUT2D eigenvalue weighted by atomic mass is 10.2. The summed E-state index contributed by atoms with van der Waals surface area (Å²) in [6, 6.07) is 0.0461. The molecule has 2 unspecified atom stereocenters. The SMILES string of the molecule is COC(=O)N(C)CC(=O)N1CC(C)OCC1C. The van der Waals surface area contributed by atoms with Gasteiger partial charge in [-0.25, -0.2) is 4.79 Å². The van der Waals surface area contributed by atoms with Crippen molar-refractivity contribution in [1.82, 2.24) is 9.80 Å². The lowest BCUT2D eigenvalue weighted by Gasteiger charge is -2.37. The molecule has 2 atom stereocenters. The number of ether oxygens (including phenoxy) is 2. The summed E-state index contributed by atoms with van der Waals surface area (Å²) in [6.45, 7) is 4.99. The zero-order valence-corrected chi connectivity index (χ0v) is 10.8. The summed E-state index contributed by atoms with van der Waals surface area (Å²) in [5.74, 6) is -0.0828. The number of rotatable bonds is 2. The van der Waals surface area contributed by atoms with E-state index in [1.54, 1.807) is 4.90 Å². The van der Waals surface area contributed by atoms with E-state index in [0.717, 1.165) is 0 Å². The number of carbonyl (C=O) groups excluding carboxylic acids is 2. The molecule has 17 heavy (non-hydrogen) atoms. The second kappa shape index (κ2) is 5.86. The summed E-state index contributed by atoms with van der Waals surface area (Å²) in [7, 11) is 2.83. The van der Waals surface area contributed by atoms with E-state index in [0.29, 0.717) is 13.2 Å². The summed E-state index contributed by atoms with van der Waals surface area (Å²) in [5, 5.41) is 0. The summed E-state index contributed by atoms with van der Waals surface area (Å²) in [5.41, 5.74) is 0. The number of hydrogen-bond donors (Lipinski definition) is 0. The van der Waals surface area contributed by atoms with Crippen molar-refractivity contribution in [2.75, 3.05) is 33.9 Å². The first-order chi connectivity index (χ1) is 7.95. The number of morpholine rings is 1. The van der Waals surface area contributed by atoms with Crippen LogP contribution in [0.25, 0.3) is 0 Å². The highest BCUT2D eigenvalue weighted by Crippen LogP contribution is 2.11. The molecule has 0 aliphatic carbocycles. The molecule has 6 heteroatoms. The van der Waals surface area contributed by atoms with Crippen LogP contribution in [-0.4, -0.2) is 67.8 Å². The number of carbonyl (C=O) groups is 2. The van der Waals surface area contributed by atoms with E-state index in [-0.39, 0.29) is 24.6 Å².